The van der Waals surface area contributed by atoms with Crippen LogP contribution in [0, 0.1) is 13.8 Å². The number of esters is 1. The lowest BCUT2D eigenvalue weighted by atomic mass is 10.1. The van der Waals surface area contributed by atoms with Crippen molar-refractivity contribution in [2.24, 2.45) is 0 Å². The molecule has 0 aliphatic carbocycles. The lowest BCUT2D eigenvalue weighted by Crippen LogP contribution is -2.35. The lowest BCUT2D eigenvalue weighted by molar-refractivity contribution is -0.154. The molecule has 1 N–H and O–H groups in total. The van der Waals surface area contributed by atoms with Gasteiger partial charge in [-0.05, 0) is 38.8 Å². The van der Waals surface area contributed by atoms with Crippen molar-refractivity contribution in [1.82, 2.24) is 10.1 Å². The first kappa shape index (κ1) is 22.2. The van der Waals surface area contributed by atoms with Crippen LogP contribution < -0.4 is 5.32 Å². The Morgan fingerprint density at radius 2 is 1.90 bits per heavy atom. The second-order valence-corrected chi connectivity index (χ2v) is 7.49. The molecule has 3 rings (SSSR count). The normalized spacial score (nSPS) is 13.8. The van der Waals surface area contributed by atoms with Crippen molar-refractivity contribution in [1.29, 1.82) is 0 Å². The van der Waals surface area contributed by atoms with Crippen molar-refractivity contribution in [2.75, 3.05) is 11.9 Å². The highest BCUT2D eigenvalue weighted by molar-refractivity contribution is 6.21. The van der Waals surface area contributed by atoms with Crippen LogP contribution in [0.2, 0.25) is 0 Å². The summed E-state index contributed by atoms with van der Waals surface area (Å²) >= 11 is 0. The fraction of sp³-hybridized carbons (Fsp3) is 0.409. The third kappa shape index (κ3) is 5.17. The third-order valence-electron chi connectivity index (χ3n) is 4.93. The molecule has 0 saturated heterocycles. The van der Waals surface area contributed by atoms with Crippen LogP contribution in [0.1, 0.15) is 64.6 Å². The number of anilines is 1. The van der Waals surface area contributed by atoms with Crippen LogP contribution in [0.5, 0.6) is 0 Å². The zero-order valence-corrected chi connectivity index (χ0v) is 17.8. The Kier molecular flexibility index (Phi) is 6.84. The number of carbonyl (C=O) groups is 4. The summed E-state index contributed by atoms with van der Waals surface area (Å²) in [4.78, 5) is 50.9. The minimum atomic E-state index is -1.01. The van der Waals surface area contributed by atoms with Gasteiger partial charge in [-0.3, -0.25) is 24.1 Å². The number of aromatic nitrogens is 1. The summed E-state index contributed by atoms with van der Waals surface area (Å²) in [7, 11) is 0. The number of unbranched alkanes of at least 4 members (excludes halogenated alkanes) is 1. The van der Waals surface area contributed by atoms with Crippen LogP contribution in [0.3, 0.4) is 0 Å². The molecule has 2 heterocycles. The molecular weight excluding hydrogens is 402 g/mol. The number of fused-ring (bicyclic) bond motifs is 1. The molecule has 0 bridgehead atoms. The number of amides is 3. The van der Waals surface area contributed by atoms with Crippen molar-refractivity contribution in [3.05, 3.63) is 46.7 Å². The monoisotopic (exact) mass is 427 g/mol. The molecular formula is C22H25N3O6. The first-order valence-corrected chi connectivity index (χ1v) is 10.2. The van der Waals surface area contributed by atoms with E-state index < -0.39 is 29.8 Å². The van der Waals surface area contributed by atoms with E-state index in [1.165, 1.54) is 0 Å². The molecule has 1 atom stereocenters. The van der Waals surface area contributed by atoms with Gasteiger partial charge in [-0.15, -0.1) is 0 Å². The highest BCUT2D eigenvalue weighted by Crippen LogP contribution is 2.24. The summed E-state index contributed by atoms with van der Waals surface area (Å²) < 4.78 is 10.3. The van der Waals surface area contributed by atoms with Gasteiger partial charge in [0, 0.05) is 12.6 Å². The maximum Gasteiger partial charge on any atom is 0.308 e. The molecule has 1 unspecified atom stereocenters. The molecule has 1 aromatic heterocycles. The molecule has 0 fully saturated rings. The number of aryl methyl sites for hydroxylation is 2. The van der Waals surface area contributed by atoms with Crippen LogP contribution in [0.25, 0.3) is 0 Å². The summed E-state index contributed by atoms with van der Waals surface area (Å²) in [5.74, 6) is -1.27. The maximum absolute atomic E-state index is 12.5. The first-order chi connectivity index (χ1) is 14.8. The van der Waals surface area contributed by atoms with E-state index in [2.05, 4.69) is 10.5 Å². The van der Waals surface area contributed by atoms with Crippen LogP contribution in [-0.4, -0.2) is 46.4 Å². The van der Waals surface area contributed by atoms with E-state index in [1.807, 2.05) is 13.8 Å². The summed E-state index contributed by atoms with van der Waals surface area (Å²) in [6.07, 6.45) is 0.634. The fourth-order valence-corrected chi connectivity index (χ4v) is 3.29. The zero-order chi connectivity index (χ0) is 22.5. The molecule has 1 aliphatic heterocycles. The molecule has 31 heavy (non-hydrogen) atoms. The zero-order valence-electron chi connectivity index (χ0n) is 17.8. The summed E-state index contributed by atoms with van der Waals surface area (Å²) in [5.41, 5.74) is 1.53. The molecule has 1 aromatic carbocycles. The van der Waals surface area contributed by atoms with Gasteiger partial charge < -0.3 is 14.6 Å². The van der Waals surface area contributed by atoms with Gasteiger partial charge in [-0.1, -0.05) is 30.1 Å². The van der Waals surface area contributed by atoms with Crippen LogP contribution in [0.4, 0.5) is 5.82 Å². The van der Waals surface area contributed by atoms with Gasteiger partial charge in [-0.25, -0.2) is 0 Å². The van der Waals surface area contributed by atoms with E-state index in [1.54, 1.807) is 31.2 Å². The summed E-state index contributed by atoms with van der Waals surface area (Å²) in [5, 5.41) is 6.27. The van der Waals surface area contributed by atoms with Gasteiger partial charge in [0.15, 0.2) is 11.9 Å². The Labute approximate surface area is 179 Å². The Morgan fingerprint density at radius 1 is 1.16 bits per heavy atom. The predicted octanol–water partition coefficient (Wildman–Crippen LogP) is 3.02. The number of hydrogen-bond donors (Lipinski definition) is 1. The van der Waals surface area contributed by atoms with Gasteiger partial charge >= 0.3 is 5.97 Å². The minimum absolute atomic E-state index is 0.116. The smallest absolute Gasteiger partial charge is 0.308 e. The second kappa shape index (κ2) is 9.55. The van der Waals surface area contributed by atoms with Crippen LogP contribution >= 0.6 is 0 Å². The standard InChI is InChI=1S/C22H25N3O6/c1-4-5-6-17(20(27)23-18-12-14(3)31-24-18)30-19(26)9-10-25-21(28)15-8-7-13(2)11-16(15)22(25)29/h7-8,11-12,17H,4-6,9-10H2,1-3H3,(H,23,24,27). The summed E-state index contributed by atoms with van der Waals surface area (Å²) in [6.45, 7) is 5.37. The van der Waals surface area contributed by atoms with E-state index >= 15 is 0 Å². The number of nitrogens with one attached hydrogen (secondary N) is 1. The average molecular weight is 427 g/mol. The average Bonchev–Trinajstić information content (AvgIpc) is 3.24. The highest BCUT2D eigenvalue weighted by Gasteiger charge is 2.35. The van der Waals surface area contributed by atoms with E-state index in [-0.39, 0.29) is 18.8 Å². The number of ether oxygens (including phenoxy) is 1. The molecule has 164 valence electrons. The molecule has 9 heteroatoms. The van der Waals surface area contributed by atoms with Crippen LogP contribution in [-0.2, 0) is 14.3 Å². The van der Waals surface area contributed by atoms with Crippen molar-refractivity contribution < 1.29 is 28.4 Å². The molecule has 0 radical (unpaired) electrons. The van der Waals surface area contributed by atoms with Gasteiger partial charge in [0.05, 0.1) is 17.5 Å². The Morgan fingerprint density at radius 3 is 2.58 bits per heavy atom. The van der Waals surface area contributed by atoms with E-state index in [0.717, 1.165) is 16.9 Å². The van der Waals surface area contributed by atoms with Gasteiger partial charge in [0.2, 0.25) is 0 Å². The van der Waals surface area contributed by atoms with E-state index in [9.17, 15) is 19.2 Å². The van der Waals surface area contributed by atoms with E-state index in [4.69, 9.17) is 9.26 Å². The summed E-state index contributed by atoms with van der Waals surface area (Å²) in [6, 6.07) is 6.58. The van der Waals surface area contributed by atoms with Crippen molar-refractivity contribution in [2.45, 2.75) is 52.6 Å². The number of imide groups is 1. The number of nitrogens with zero attached hydrogens (tertiary/aromatic N) is 2. The topological polar surface area (TPSA) is 119 Å². The minimum Gasteiger partial charge on any atom is -0.452 e. The largest absolute Gasteiger partial charge is 0.452 e. The molecule has 9 nitrogen and oxygen atoms in total. The SMILES string of the molecule is CCCCC(OC(=O)CCN1C(=O)c2ccc(C)cc2C1=O)C(=O)Nc1cc(C)on1. The molecule has 3 amide bonds. The molecule has 2 aromatic rings. The van der Waals surface area contributed by atoms with Crippen molar-refractivity contribution >= 4 is 29.5 Å². The number of rotatable bonds is 9. The molecule has 0 spiro atoms. The van der Waals surface area contributed by atoms with Gasteiger partial charge in [-0.2, -0.15) is 0 Å². The van der Waals surface area contributed by atoms with Gasteiger partial charge in [0.1, 0.15) is 5.76 Å². The van der Waals surface area contributed by atoms with Gasteiger partial charge in [0.25, 0.3) is 17.7 Å². The fourth-order valence-electron chi connectivity index (χ4n) is 3.29. The number of benzene rings is 1. The molecule has 0 saturated carbocycles. The highest BCUT2D eigenvalue weighted by atomic mass is 16.5. The van der Waals surface area contributed by atoms with Crippen LogP contribution in [0.15, 0.2) is 28.8 Å². The number of hydrogen-bond acceptors (Lipinski definition) is 7. The lowest BCUT2D eigenvalue weighted by Gasteiger charge is -2.18. The van der Waals surface area contributed by atoms with Crippen molar-refractivity contribution in [3.63, 3.8) is 0 Å². The first-order valence-electron chi connectivity index (χ1n) is 10.2. The number of carbonyl (C=O) groups excluding carboxylic acids is 4. The second-order valence-electron chi connectivity index (χ2n) is 7.49. The third-order valence-corrected chi connectivity index (χ3v) is 4.93. The Balaban J connectivity index is 1.58. The predicted molar refractivity (Wildman–Crippen MR) is 110 cm³/mol. The maximum atomic E-state index is 12.5. The molecule has 1 aliphatic rings. The quantitative estimate of drug-likeness (QED) is 0.483. The van der Waals surface area contributed by atoms with E-state index in [0.29, 0.717) is 29.7 Å². The Hall–Kier alpha value is -3.49. The van der Waals surface area contributed by atoms with Crippen molar-refractivity contribution in [3.8, 4) is 0 Å². The Bertz CT molecular complexity index is 1010.